The predicted octanol–water partition coefficient (Wildman–Crippen LogP) is 4.69. The Bertz CT molecular complexity index is 1020. The number of fused-ring (bicyclic) bond motifs is 1. The zero-order valence-corrected chi connectivity index (χ0v) is 14.1. The minimum atomic E-state index is -0.374. The summed E-state index contributed by atoms with van der Waals surface area (Å²) < 4.78 is 4.95. The molecule has 1 heterocycles. The minimum absolute atomic E-state index is 0.104. The van der Waals surface area contributed by atoms with Crippen LogP contribution < -0.4 is 4.90 Å². The van der Waals surface area contributed by atoms with Crippen LogP contribution in [0.3, 0.4) is 0 Å². The number of hydrogen-bond acceptors (Lipinski definition) is 3. The summed E-state index contributed by atoms with van der Waals surface area (Å²) in [5.74, 6) is -0.104. The molecular formula is C22H17NO3. The van der Waals surface area contributed by atoms with Gasteiger partial charge in [0.2, 0.25) is 0 Å². The summed E-state index contributed by atoms with van der Waals surface area (Å²) >= 11 is 0. The maximum atomic E-state index is 12.5. The number of ether oxygens (including phenoxy) is 1. The minimum Gasteiger partial charge on any atom is -0.447 e. The van der Waals surface area contributed by atoms with Crippen LogP contribution in [-0.2, 0) is 4.74 Å². The lowest BCUT2D eigenvalue weighted by atomic mass is 10.0. The van der Waals surface area contributed by atoms with E-state index in [2.05, 4.69) is 12.1 Å². The summed E-state index contributed by atoms with van der Waals surface area (Å²) in [4.78, 5) is 25.7. The average molecular weight is 343 g/mol. The summed E-state index contributed by atoms with van der Waals surface area (Å²) in [7, 11) is 0. The van der Waals surface area contributed by atoms with Gasteiger partial charge in [-0.3, -0.25) is 9.69 Å². The summed E-state index contributed by atoms with van der Waals surface area (Å²) in [6, 6.07) is 21.2. The molecule has 128 valence electrons. The Morgan fingerprint density at radius 3 is 2.62 bits per heavy atom. The fraction of sp³-hybridized carbons (Fsp3) is 0.0909. The molecule has 0 aromatic heterocycles. The first kappa shape index (κ1) is 16.1. The van der Waals surface area contributed by atoms with E-state index < -0.39 is 0 Å². The highest BCUT2D eigenvalue weighted by molar-refractivity contribution is 6.08. The number of ketones is 1. The molecule has 4 nitrogen and oxygen atoms in total. The zero-order valence-electron chi connectivity index (χ0n) is 14.1. The van der Waals surface area contributed by atoms with E-state index >= 15 is 0 Å². The molecule has 1 aliphatic heterocycles. The second-order valence-corrected chi connectivity index (χ2v) is 6.12. The fourth-order valence-corrected chi connectivity index (χ4v) is 3.03. The molecule has 0 aliphatic carbocycles. The zero-order chi connectivity index (χ0) is 17.9. The molecule has 0 atom stereocenters. The Morgan fingerprint density at radius 1 is 0.962 bits per heavy atom. The quantitative estimate of drug-likeness (QED) is 0.510. The number of benzene rings is 3. The van der Waals surface area contributed by atoms with Crippen molar-refractivity contribution in [3.05, 3.63) is 83.9 Å². The number of hydrogen-bond donors (Lipinski definition) is 0. The van der Waals surface area contributed by atoms with E-state index in [-0.39, 0.29) is 11.9 Å². The van der Waals surface area contributed by atoms with Crippen molar-refractivity contribution >= 4 is 34.4 Å². The van der Waals surface area contributed by atoms with Crippen molar-refractivity contribution in [1.29, 1.82) is 0 Å². The van der Waals surface area contributed by atoms with Gasteiger partial charge in [0.15, 0.2) is 5.78 Å². The number of allylic oxidation sites excluding steroid dienone is 1. The van der Waals surface area contributed by atoms with Gasteiger partial charge in [-0.25, -0.2) is 4.79 Å². The molecular weight excluding hydrogens is 326 g/mol. The maximum Gasteiger partial charge on any atom is 0.414 e. The van der Waals surface area contributed by atoms with Crippen LogP contribution in [0.25, 0.3) is 16.8 Å². The van der Waals surface area contributed by atoms with Gasteiger partial charge in [-0.05, 0) is 40.6 Å². The van der Waals surface area contributed by atoms with Gasteiger partial charge in [-0.2, -0.15) is 0 Å². The normalized spacial score (nSPS) is 14.2. The van der Waals surface area contributed by atoms with Crippen LogP contribution in [-0.4, -0.2) is 25.0 Å². The molecule has 3 aromatic carbocycles. The van der Waals surface area contributed by atoms with E-state index in [0.29, 0.717) is 24.4 Å². The lowest BCUT2D eigenvalue weighted by Gasteiger charge is -2.13. The van der Waals surface area contributed by atoms with Crippen LogP contribution in [0.4, 0.5) is 10.5 Å². The van der Waals surface area contributed by atoms with Crippen LogP contribution in [0.5, 0.6) is 0 Å². The van der Waals surface area contributed by atoms with E-state index in [9.17, 15) is 9.59 Å². The van der Waals surface area contributed by atoms with Gasteiger partial charge in [0.05, 0.1) is 6.54 Å². The van der Waals surface area contributed by atoms with Crippen LogP contribution in [0.2, 0.25) is 0 Å². The summed E-state index contributed by atoms with van der Waals surface area (Å²) in [5, 5.41) is 2.30. The third-order valence-electron chi connectivity index (χ3n) is 4.40. The molecule has 0 N–H and O–H groups in total. The smallest absolute Gasteiger partial charge is 0.414 e. The standard InChI is InChI=1S/C22H17NO3/c24-21(11-9-16-8-10-17-4-1-2-5-18(17)14-16)19-6-3-7-20(15-19)23-12-13-26-22(23)25/h1-11,14-15H,12-13H2. The van der Waals surface area contributed by atoms with Crippen LogP contribution in [0.1, 0.15) is 15.9 Å². The fourth-order valence-electron chi connectivity index (χ4n) is 3.03. The molecule has 1 amide bonds. The highest BCUT2D eigenvalue weighted by Gasteiger charge is 2.23. The monoisotopic (exact) mass is 343 g/mol. The Labute approximate surface area is 151 Å². The second kappa shape index (κ2) is 6.84. The second-order valence-electron chi connectivity index (χ2n) is 6.12. The van der Waals surface area contributed by atoms with Crippen molar-refractivity contribution in [2.24, 2.45) is 0 Å². The molecule has 0 radical (unpaired) electrons. The van der Waals surface area contributed by atoms with Gasteiger partial charge >= 0.3 is 6.09 Å². The Morgan fingerprint density at radius 2 is 1.81 bits per heavy atom. The van der Waals surface area contributed by atoms with E-state index in [0.717, 1.165) is 10.9 Å². The molecule has 0 unspecified atom stereocenters. The van der Waals surface area contributed by atoms with Crippen molar-refractivity contribution < 1.29 is 14.3 Å². The van der Waals surface area contributed by atoms with Gasteiger partial charge < -0.3 is 4.74 Å². The Kier molecular flexibility index (Phi) is 4.23. The van der Waals surface area contributed by atoms with E-state index in [1.54, 1.807) is 30.3 Å². The highest BCUT2D eigenvalue weighted by Crippen LogP contribution is 2.21. The van der Waals surface area contributed by atoms with Gasteiger partial charge in [-0.1, -0.05) is 54.6 Å². The topological polar surface area (TPSA) is 46.6 Å². The Hall–Kier alpha value is -3.40. The molecule has 0 spiro atoms. The average Bonchev–Trinajstić information content (AvgIpc) is 3.12. The molecule has 26 heavy (non-hydrogen) atoms. The number of rotatable bonds is 4. The molecule has 3 aromatic rings. The maximum absolute atomic E-state index is 12.5. The molecule has 1 saturated heterocycles. The molecule has 4 heteroatoms. The SMILES string of the molecule is O=C(C=Cc1ccc2ccccc2c1)c1cccc(N2CCOC2=O)c1. The summed E-state index contributed by atoms with van der Waals surface area (Å²) in [6.45, 7) is 0.877. The third-order valence-corrected chi connectivity index (χ3v) is 4.40. The first-order valence-electron chi connectivity index (χ1n) is 8.46. The number of carbonyl (C=O) groups is 2. The van der Waals surface area contributed by atoms with Crippen LogP contribution >= 0.6 is 0 Å². The summed E-state index contributed by atoms with van der Waals surface area (Å²) in [5.41, 5.74) is 2.19. The van der Waals surface area contributed by atoms with Crippen molar-refractivity contribution in [3.8, 4) is 0 Å². The molecule has 4 rings (SSSR count). The van der Waals surface area contributed by atoms with Crippen molar-refractivity contribution in [1.82, 2.24) is 0 Å². The van der Waals surface area contributed by atoms with Crippen molar-refractivity contribution in [3.63, 3.8) is 0 Å². The Balaban J connectivity index is 1.55. The summed E-state index contributed by atoms with van der Waals surface area (Å²) in [6.07, 6.45) is 3.00. The number of cyclic esters (lactones) is 1. The molecule has 0 bridgehead atoms. The van der Waals surface area contributed by atoms with Crippen LogP contribution in [0.15, 0.2) is 72.8 Å². The van der Waals surface area contributed by atoms with Crippen molar-refractivity contribution in [2.45, 2.75) is 0 Å². The first-order chi connectivity index (χ1) is 12.7. The first-order valence-corrected chi connectivity index (χ1v) is 8.46. The largest absolute Gasteiger partial charge is 0.447 e. The van der Waals surface area contributed by atoms with Gasteiger partial charge in [-0.15, -0.1) is 0 Å². The number of amides is 1. The van der Waals surface area contributed by atoms with Gasteiger partial charge in [0.1, 0.15) is 6.61 Å². The molecule has 0 saturated carbocycles. The van der Waals surface area contributed by atoms with Crippen molar-refractivity contribution in [2.75, 3.05) is 18.1 Å². The van der Waals surface area contributed by atoms with Gasteiger partial charge in [0.25, 0.3) is 0 Å². The number of carbonyl (C=O) groups excluding carboxylic acids is 2. The van der Waals surface area contributed by atoms with Gasteiger partial charge in [0, 0.05) is 11.3 Å². The molecule has 1 fully saturated rings. The lowest BCUT2D eigenvalue weighted by molar-refractivity contribution is 0.104. The predicted molar refractivity (Wildman–Crippen MR) is 102 cm³/mol. The van der Waals surface area contributed by atoms with Crippen LogP contribution in [0, 0.1) is 0 Å². The number of anilines is 1. The van der Waals surface area contributed by atoms with E-state index in [1.165, 1.54) is 10.3 Å². The number of nitrogens with zero attached hydrogens (tertiary/aromatic N) is 1. The van der Waals surface area contributed by atoms with E-state index in [4.69, 9.17) is 4.74 Å². The lowest BCUT2D eigenvalue weighted by Crippen LogP contribution is -2.23. The highest BCUT2D eigenvalue weighted by atomic mass is 16.6. The van der Waals surface area contributed by atoms with E-state index in [1.807, 2.05) is 36.4 Å². The molecule has 1 aliphatic rings. The third kappa shape index (κ3) is 3.22.